The number of likely N-dealkylation sites (tertiary alicyclic amines) is 1. The van der Waals surface area contributed by atoms with Crippen molar-refractivity contribution < 1.29 is 13.2 Å². The predicted octanol–water partition coefficient (Wildman–Crippen LogP) is 2.11. The molecule has 7 heteroatoms. The third kappa shape index (κ3) is 3.59. The molecule has 1 aliphatic rings. The summed E-state index contributed by atoms with van der Waals surface area (Å²) in [6.07, 6.45) is 5.55. The molecule has 2 N–H and O–H groups in total. The van der Waals surface area contributed by atoms with Crippen LogP contribution in [0.25, 0.3) is 0 Å². The van der Waals surface area contributed by atoms with Crippen LogP contribution in [-0.2, 0) is 10.0 Å². The van der Waals surface area contributed by atoms with E-state index in [1.165, 1.54) is 12.5 Å². The molecule has 20 heavy (non-hydrogen) atoms. The van der Waals surface area contributed by atoms with Crippen molar-refractivity contribution in [1.29, 1.82) is 0 Å². The molecule has 0 radical (unpaired) electrons. The summed E-state index contributed by atoms with van der Waals surface area (Å²) in [6.45, 7) is 3.25. The molecule has 1 aromatic heterocycles. The molecule has 2 rings (SSSR count). The van der Waals surface area contributed by atoms with Crippen molar-refractivity contribution in [2.24, 2.45) is 5.14 Å². The summed E-state index contributed by atoms with van der Waals surface area (Å²) in [5, 5.41) is 5.12. The first kappa shape index (κ1) is 15.5. The Kier molecular flexibility index (Phi) is 4.82. The fourth-order valence-corrected chi connectivity index (χ4v) is 4.33. The van der Waals surface area contributed by atoms with E-state index in [2.05, 4.69) is 0 Å². The zero-order valence-corrected chi connectivity index (χ0v) is 13.2. The quantitative estimate of drug-likeness (QED) is 0.907. The second-order valence-electron chi connectivity index (χ2n) is 5.18. The topological polar surface area (TPSA) is 80.5 Å². The maximum atomic E-state index is 12.5. The van der Waals surface area contributed by atoms with Gasteiger partial charge in [0.1, 0.15) is 4.21 Å². The van der Waals surface area contributed by atoms with E-state index in [1.807, 2.05) is 4.90 Å². The number of carbonyl (C=O) groups is 1. The summed E-state index contributed by atoms with van der Waals surface area (Å²) in [7, 11) is -3.73. The number of thiophene rings is 1. The molecule has 0 unspecified atom stereocenters. The largest absolute Gasteiger partial charge is 0.338 e. The Labute approximate surface area is 123 Å². The molecule has 1 fully saturated rings. The lowest BCUT2D eigenvalue weighted by Gasteiger charge is -2.24. The van der Waals surface area contributed by atoms with Gasteiger partial charge in [-0.2, -0.15) is 0 Å². The normalized spacial score (nSPS) is 17.6. The Morgan fingerprint density at radius 1 is 1.20 bits per heavy atom. The van der Waals surface area contributed by atoms with Gasteiger partial charge in [0.2, 0.25) is 10.0 Å². The molecule has 0 aromatic carbocycles. The van der Waals surface area contributed by atoms with Gasteiger partial charge in [0.15, 0.2) is 0 Å². The van der Waals surface area contributed by atoms with E-state index in [9.17, 15) is 13.2 Å². The van der Waals surface area contributed by atoms with Gasteiger partial charge in [0.05, 0.1) is 4.88 Å². The Bertz CT molecular complexity index is 585. The average molecular weight is 316 g/mol. The minimum Gasteiger partial charge on any atom is -0.338 e. The van der Waals surface area contributed by atoms with Gasteiger partial charge in [0, 0.05) is 13.1 Å². The number of nitrogens with two attached hydrogens (primary N) is 1. The highest BCUT2D eigenvalue weighted by Crippen LogP contribution is 2.27. The van der Waals surface area contributed by atoms with Crippen LogP contribution in [0.5, 0.6) is 0 Å². The molecule has 0 bridgehead atoms. The van der Waals surface area contributed by atoms with Crippen molar-refractivity contribution in [3.05, 3.63) is 16.5 Å². The van der Waals surface area contributed by atoms with Gasteiger partial charge in [-0.3, -0.25) is 4.79 Å². The lowest BCUT2D eigenvalue weighted by molar-refractivity contribution is 0.0746. The van der Waals surface area contributed by atoms with E-state index >= 15 is 0 Å². The molecular formula is C13H20N2O3S2. The van der Waals surface area contributed by atoms with E-state index in [1.54, 1.807) is 6.92 Å². The first-order chi connectivity index (χ1) is 9.39. The van der Waals surface area contributed by atoms with Crippen molar-refractivity contribution in [2.45, 2.75) is 43.2 Å². The van der Waals surface area contributed by atoms with Crippen molar-refractivity contribution in [2.75, 3.05) is 13.1 Å². The highest BCUT2D eigenvalue weighted by Gasteiger charge is 2.23. The van der Waals surface area contributed by atoms with Gasteiger partial charge in [0.25, 0.3) is 5.91 Å². The van der Waals surface area contributed by atoms with Crippen molar-refractivity contribution in [3.63, 3.8) is 0 Å². The number of hydrogen-bond donors (Lipinski definition) is 1. The van der Waals surface area contributed by atoms with Crippen LogP contribution in [0.3, 0.4) is 0 Å². The van der Waals surface area contributed by atoms with Gasteiger partial charge >= 0.3 is 0 Å². The van der Waals surface area contributed by atoms with E-state index in [0.29, 0.717) is 10.4 Å². The van der Waals surface area contributed by atoms with Crippen molar-refractivity contribution in [3.8, 4) is 0 Å². The van der Waals surface area contributed by atoms with Gasteiger partial charge in [-0.1, -0.05) is 19.3 Å². The molecule has 1 aromatic rings. The highest BCUT2D eigenvalue weighted by atomic mass is 32.2. The van der Waals surface area contributed by atoms with Gasteiger partial charge in [-0.05, 0) is 31.4 Å². The Balaban J connectivity index is 2.21. The van der Waals surface area contributed by atoms with Crippen molar-refractivity contribution >= 4 is 27.3 Å². The molecule has 5 nitrogen and oxygen atoms in total. The fourth-order valence-electron chi connectivity index (χ4n) is 2.40. The minimum atomic E-state index is -3.73. The first-order valence-corrected chi connectivity index (χ1v) is 9.18. The number of rotatable bonds is 2. The number of primary sulfonamides is 1. The molecule has 112 valence electrons. The Hall–Kier alpha value is -0.920. The SMILES string of the molecule is Cc1cc(S(N)(=O)=O)sc1C(=O)N1CCCCCCC1. The summed E-state index contributed by atoms with van der Waals surface area (Å²) >= 11 is 0.976. The lowest BCUT2D eigenvalue weighted by Crippen LogP contribution is -2.33. The summed E-state index contributed by atoms with van der Waals surface area (Å²) in [5.74, 6) is -0.0655. The molecule has 0 atom stereocenters. The molecule has 1 aliphatic heterocycles. The van der Waals surface area contributed by atoms with Gasteiger partial charge < -0.3 is 4.90 Å². The number of amides is 1. The zero-order valence-electron chi connectivity index (χ0n) is 11.6. The number of hydrogen-bond acceptors (Lipinski definition) is 4. The Morgan fingerprint density at radius 3 is 2.25 bits per heavy atom. The maximum absolute atomic E-state index is 12.5. The molecule has 0 spiro atoms. The van der Waals surface area contributed by atoms with Crippen LogP contribution < -0.4 is 5.14 Å². The maximum Gasteiger partial charge on any atom is 0.264 e. The van der Waals surface area contributed by atoms with Gasteiger partial charge in [-0.25, -0.2) is 13.6 Å². The van der Waals surface area contributed by atoms with E-state index in [0.717, 1.165) is 50.1 Å². The summed E-state index contributed by atoms with van der Waals surface area (Å²) < 4.78 is 22.8. The second kappa shape index (κ2) is 6.24. The minimum absolute atomic E-state index is 0.0606. The highest BCUT2D eigenvalue weighted by molar-refractivity contribution is 7.91. The van der Waals surface area contributed by atoms with Crippen LogP contribution in [0.4, 0.5) is 0 Å². The number of nitrogens with zero attached hydrogens (tertiary/aromatic N) is 1. The standard InChI is InChI=1S/C13H20N2O3S2/c1-10-9-11(20(14,17)18)19-12(10)13(16)15-7-5-3-2-4-6-8-15/h9H,2-8H2,1H3,(H2,14,17,18). The predicted molar refractivity (Wildman–Crippen MR) is 79.4 cm³/mol. The average Bonchev–Trinajstić information content (AvgIpc) is 2.70. The number of carbonyl (C=O) groups excluding carboxylic acids is 1. The van der Waals surface area contributed by atoms with E-state index in [4.69, 9.17) is 5.14 Å². The zero-order chi connectivity index (χ0) is 14.8. The molecular weight excluding hydrogens is 296 g/mol. The molecule has 1 saturated heterocycles. The van der Waals surface area contributed by atoms with Crippen molar-refractivity contribution in [1.82, 2.24) is 4.90 Å². The lowest BCUT2D eigenvalue weighted by atomic mass is 10.1. The Morgan fingerprint density at radius 2 is 1.75 bits per heavy atom. The third-order valence-corrected chi connectivity index (χ3v) is 6.16. The van der Waals surface area contributed by atoms with E-state index < -0.39 is 10.0 Å². The first-order valence-electron chi connectivity index (χ1n) is 6.82. The van der Waals surface area contributed by atoms with Crippen LogP contribution in [0, 0.1) is 6.92 Å². The number of sulfonamides is 1. The van der Waals surface area contributed by atoms with Crippen LogP contribution in [0.1, 0.15) is 47.3 Å². The summed E-state index contributed by atoms with van der Waals surface area (Å²) in [6, 6.07) is 1.48. The van der Waals surface area contributed by atoms with Crippen LogP contribution in [0.15, 0.2) is 10.3 Å². The summed E-state index contributed by atoms with van der Waals surface area (Å²) in [4.78, 5) is 14.9. The molecule has 2 heterocycles. The fraction of sp³-hybridized carbons (Fsp3) is 0.615. The number of aryl methyl sites for hydroxylation is 1. The smallest absolute Gasteiger partial charge is 0.264 e. The summed E-state index contributed by atoms with van der Waals surface area (Å²) in [5.41, 5.74) is 0.686. The van der Waals surface area contributed by atoms with Crippen LogP contribution >= 0.6 is 11.3 Å². The van der Waals surface area contributed by atoms with Crippen LogP contribution in [-0.4, -0.2) is 32.3 Å². The van der Waals surface area contributed by atoms with Gasteiger partial charge in [-0.15, -0.1) is 11.3 Å². The molecule has 0 saturated carbocycles. The second-order valence-corrected chi connectivity index (χ2v) is 8.02. The third-order valence-electron chi connectivity index (χ3n) is 3.51. The molecule has 0 aliphatic carbocycles. The van der Waals surface area contributed by atoms with Crippen LogP contribution in [0.2, 0.25) is 0 Å². The van der Waals surface area contributed by atoms with E-state index in [-0.39, 0.29) is 10.1 Å². The molecule has 1 amide bonds. The monoisotopic (exact) mass is 316 g/mol.